The van der Waals surface area contributed by atoms with Gasteiger partial charge >= 0.3 is 0 Å². The van der Waals surface area contributed by atoms with E-state index < -0.39 is 5.41 Å². The van der Waals surface area contributed by atoms with Gasteiger partial charge in [0.1, 0.15) is 0 Å². The van der Waals surface area contributed by atoms with Gasteiger partial charge in [-0.2, -0.15) is 0 Å². The summed E-state index contributed by atoms with van der Waals surface area (Å²) in [6, 6.07) is 0. The minimum Gasteiger partial charge on any atom is -0.296 e. The largest absolute Gasteiger partial charge is 0.296 e. The first kappa shape index (κ1) is 10.2. The van der Waals surface area contributed by atoms with Crippen LogP contribution < -0.4 is 0 Å². The van der Waals surface area contributed by atoms with Gasteiger partial charge in [-0.3, -0.25) is 9.79 Å². The van der Waals surface area contributed by atoms with Gasteiger partial charge in [0.15, 0.2) is 0 Å². The Bertz CT molecular complexity index is 321. The molecule has 14 heavy (non-hydrogen) atoms. The summed E-state index contributed by atoms with van der Waals surface area (Å²) in [5.41, 5.74) is 0.577. The molecule has 2 atom stereocenters. The summed E-state index contributed by atoms with van der Waals surface area (Å²) < 4.78 is 0. The molecule has 0 heterocycles. The van der Waals surface area contributed by atoms with Crippen LogP contribution in [0.1, 0.15) is 33.1 Å². The highest BCUT2D eigenvalue weighted by Gasteiger charge is 2.65. The molecule has 2 nitrogen and oxygen atoms in total. The molecule has 2 fully saturated rings. The third-order valence-electron chi connectivity index (χ3n) is 4.53. The molecular weight excluding hydrogens is 198 g/mol. The van der Waals surface area contributed by atoms with Gasteiger partial charge in [0.25, 0.3) is 0 Å². The highest BCUT2D eigenvalue weighted by molar-refractivity contribution is 6.67. The molecule has 2 aliphatic carbocycles. The minimum absolute atomic E-state index is 0.000671. The van der Waals surface area contributed by atoms with Crippen LogP contribution in [0.5, 0.6) is 0 Å². The van der Waals surface area contributed by atoms with Crippen LogP contribution in [0, 0.1) is 16.7 Å². The molecule has 2 unspecified atom stereocenters. The lowest BCUT2D eigenvalue weighted by Crippen LogP contribution is -2.41. The van der Waals surface area contributed by atoms with Gasteiger partial charge in [0, 0.05) is 12.8 Å². The van der Waals surface area contributed by atoms with Crippen molar-refractivity contribution in [2.24, 2.45) is 21.7 Å². The average Bonchev–Trinajstić information content (AvgIpc) is 2.51. The number of halogens is 1. The molecule has 2 rings (SSSR count). The number of rotatable bonds is 1. The summed E-state index contributed by atoms with van der Waals surface area (Å²) in [6.07, 6.45) is 2.96. The molecule has 2 saturated carbocycles. The third kappa shape index (κ3) is 0.881. The molecule has 0 spiro atoms. The molecule has 0 N–H and O–H groups in total. The number of carbonyl (C=O) groups is 1. The van der Waals surface area contributed by atoms with E-state index in [1.807, 2.05) is 0 Å². The number of nitrogens with zero attached hydrogens (tertiary/aromatic N) is 1. The van der Waals surface area contributed by atoms with Crippen molar-refractivity contribution >= 4 is 22.6 Å². The molecule has 0 radical (unpaired) electrons. The number of hydrogen-bond donors (Lipinski definition) is 0. The normalized spacial score (nSPS) is 42.0. The highest BCUT2D eigenvalue weighted by atomic mass is 35.5. The maximum Gasteiger partial charge on any atom is 0.233 e. The molecule has 0 saturated heterocycles. The van der Waals surface area contributed by atoms with E-state index in [1.54, 1.807) is 7.05 Å². The van der Waals surface area contributed by atoms with E-state index in [1.165, 1.54) is 0 Å². The molecule has 78 valence electrons. The fraction of sp³-hybridized carbons (Fsp3) is 0.818. The topological polar surface area (TPSA) is 29.4 Å². The number of carbonyl (C=O) groups excluding carboxylic acids is 1. The Morgan fingerprint density at radius 1 is 1.57 bits per heavy atom. The second-order valence-electron chi connectivity index (χ2n) is 5.01. The Morgan fingerprint density at radius 3 is 2.57 bits per heavy atom. The van der Waals surface area contributed by atoms with Crippen LogP contribution >= 0.6 is 11.6 Å². The smallest absolute Gasteiger partial charge is 0.233 e. The first-order valence-corrected chi connectivity index (χ1v) is 5.50. The number of hydrogen-bond acceptors (Lipinski definition) is 2. The lowest BCUT2D eigenvalue weighted by atomic mass is 9.69. The predicted octanol–water partition coefficient (Wildman–Crippen LogP) is 2.65. The quantitative estimate of drug-likeness (QED) is 0.616. The second kappa shape index (κ2) is 2.82. The standard InChI is InChI=1S/C11H16ClNO/c1-10(2)7-4-5-11(10,9(12)14)8(6-7)13-3/h7H,4-6H2,1-3H3/b13-8+. The van der Waals surface area contributed by atoms with E-state index in [0.29, 0.717) is 5.92 Å². The fourth-order valence-corrected chi connectivity index (χ4v) is 3.90. The van der Waals surface area contributed by atoms with Crippen LogP contribution in [0.2, 0.25) is 0 Å². The maximum absolute atomic E-state index is 11.7. The maximum atomic E-state index is 11.7. The van der Waals surface area contributed by atoms with Crippen LogP contribution in [0.3, 0.4) is 0 Å². The van der Waals surface area contributed by atoms with Crippen molar-refractivity contribution < 1.29 is 4.79 Å². The lowest BCUT2D eigenvalue weighted by molar-refractivity contribution is -0.120. The summed E-state index contributed by atoms with van der Waals surface area (Å²) in [5, 5.41) is -0.205. The van der Waals surface area contributed by atoms with E-state index in [2.05, 4.69) is 18.8 Å². The summed E-state index contributed by atoms with van der Waals surface area (Å²) in [4.78, 5) is 16.0. The molecule has 0 aromatic heterocycles. The van der Waals surface area contributed by atoms with E-state index in [9.17, 15) is 4.79 Å². The summed E-state index contributed by atoms with van der Waals surface area (Å²) in [5.74, 6) is 0.587. The first-order valence-electron chi connectivity index (χ1n) is 5.13. The zero-order chi connectivity index (χ0) is 10.6. The zero-order valence-electron chi connectivity index (χ0n) is 8.93. The molecule has 0 aromatic rings. The Kier molecular flexibility index (Phi) is 2.04. The van der Waals surface area contributed by atoms with Crippen molar-refractivity contribution in [2.45, 2.75) is 33.1 Å². The Labute approximate surface area is 89.7 Å². The Balaban J connectivity index is 2.57. The second-order valence-corrected chi connectivity index (χ2v) is 5.35. The summed E-state index contributed by atoms with van der Waals surface area (Å²) in [7, 11) is 1.77. The van der Waals surface area contributed by atoms with E-state index in [4.69, 9.17) is 11.6 Å². The monoisotopic (exact) mass is 213 g/mol. The van der Waals surface area contributed by atoms with Gasteiger partial charge in [0.05, 0.1) is 5.41 Å². The van der Waals surface area contributed by atoms with Gasteiger partial charge < -0.3 is 0 Å². The van der Waals surface area contributed by atoms with Crippen molar-refractivity contribution in [1.82, 2.24) is 0 Å². The zero-order valence-corrected chi connectivity index (χ0v) is 9.69. The van der Waals surface area contributed by atoms with Crippen LogP contribution in [-0.2, 0) is 4.79 Å². The molecule has 2 bridgehead atoms. The van der Waals surface area contributed by atoms with Gasteiger partial charge in [-0.05, 0) is 42.2 Å². The first-order chi connectivity index (χ1) is 6.46. The SMILES string of the molecule is C/N=C1\CC2CCC1(C(=O)Cl)C2(C)C. The molecule has 0 aromatic carbocycles. The Morgan fingerprint density at radius 2 is 2.21 bits per heavy atom. The Hall–Kier alpha value is -0.370. The van der Waals surface area contributed by atoms with Crippen LogP contribution in [0.15, 0.2) is 4.99 Å². The van der Waals surface area contributed by atoms with E-state index >= 15 is 0 Å². The molecular formula is C11H16ClNO. The van der Waals surface area contributed by atoms with Crippen molar-refractivity contribution in [1.29, 1.82) is 0 Å². The highest BCUT2D eigenvalue weighted by Crippen LogP contribution is 2.65. The van der Waals surface area contributed by atoms with Crippen LogP contribution in [0.25, 0.3) is 0 Å². The fourth-order valence-electron chi connectivity index (χ4n) is 3.45. The van der Waals surface area contributed by atoms with E-state index in [-0.39, 0.29) is 10.7 Å². The van der Waals surface area contributed by atoms with Gasteiger partial charge in [-0.1, -0.05) is 13.8 Å². The van der Waals surface area contributed by atoms with Gasteiger partial charge in [-0.25, -0.2) is 0 Å². The minimum atomic E-state index is -0.450. The van der Waals surface area contributed by atoms with E-state index in [0.717, 1.165) is 25.0 Å². The van der Waals surface area contributed by atoms with Crippen LogP contribution in [0.4, 0.5) is 0 Å². The molecule has 3 heteroatoms. The van der Waals surface area contributed by atoms with Crippen LogP contribution in [-0.4, -0.2) is 18.0 Å². The van der Waals surface area contributed by atoms with Crippen molar-refractivity contribution in [3.8, 4) is 0 Å². The van der Waals surface area contributed by atoms with Crippen molar-refractivity contribution in [3.63, 3.8) is 0 Å². The summed E-state index contributed by atoms with van der Waals surface area (Å²) >= 11 is 5.81. The summed E-state index contributed by atoms with van der Waals surface area (Å²) in [6.45, 7) is 4.31. The third-order valence-corrected chi connectivity index (χ3v) is 4.85. The molecule has 0 aliphatic heterocycles. The van der Waals surface area contributed by atoms with Crippen molar-refractivity contribution in [2.75, 3.05) is 7.05 Å². The van der Waals surface area contributed by atoms with Gasteiger partial charge in [-0.15, -0.1) is 0 Å². The number of fused-ring (bicyclic) bond motifs is 2. The van der Waals surface area contributed by atoms with Crippen molar-refractivity contribution in [3.05, 3.63) is 0 Å². The molecule has 0 amide bonds. The van der Waals surface area contributed by atoms with Gasteiger partial charge in [0.2, 0.25) is 5.24 Å². The molecule has 2 aliphatic rings. The average molecular weight is 214 g/mol. The predicted molar refractivity (Wildman–Crippen MR) is 57.8 cm³/mol. The lowest BCUT2D eigenvalue weighted by Gasteiger charge is -2.34. The number of aliphatic imine (C=N–C) groups is 1.